The summed E-state index contributed by atoms with van der Waals surface area (Å²) >= 11 is 0. The van der Waals surface area contributed by atoms with Gasteiger partial charge in [-0.25, -0.2) is 0 Å². The number of pyridine rings is 1. The maximum absolute atomic E-state index is 5.32. The lowest BCUT2D eigenvalue weighted by atomic mass is 10.0. The van der Waals surface area contributed by atoms with Crippen LogP contribution < -0.4 is 9.47 Å². The van der Waals surface area contributed by atoms with Crippen molar-refractivity contribution in [3.63, 3.8) is 0 Å². The second kappa shape index (κ2) is 5.74. The summed E-state index contributed by atoms with van der Waals surface area (Å²) in [5.74, 6) is 1.94. The Morgan fingerprint density at radius 2 is 1.68 bits per heavy atom. The summed E-state index contributed by atoms with van der Waals surface area (Å²) < 4.78 is 10.6. The van der Waals surface area contributed by atoms with E-state index in [4.69, 9.17) is 9.47 Å². The molecule has 0 spiro atoms. The van der Waals surface area contributed by atoms with Gasteiger partial charge < -0.3 is 9.47 Å². The molecule has 0 aliphatic carbocycles. The lowest BCUT2D eigenvalue weighted by Gasteiger charge is -2.11. The molecule has 0 saturated heterocycles. The number of methoxy groups -OCH3 is 2. The van der Waals surface area contributed by atoms with Gasteiger partial charge in [0.05, 0.1) is 19.9 Å². The lowest BCUT2D eigenvalue weighted by molar-refractivity contribution is 0.355. The first kappa shape index (κ1) is 13.4. The van der Waals surface area contributed by atoms with Crippen molar-refractivity contribution in [2.75, 3.05) is 14.2 Å². The fourth-order valence-electron chi connectivity index (χ4n) is 1.96. The molecule has 2 rings (SSSR count). The van der Waals surface area contributed by atoms with E-state index in [0.29, 0.717) is 5.92 Å². The maximum Gasteiger partial charge on any atom is 0.161 e. The Labute approximate surface area is 114 Å². The Kier molecular flexibility index (Phi) is 4.05. The van der Waals surface area contributed by atoms with Gasteiger partial charge in [-0.15, -0.1) is 0 Å². The lowest BCUT2D eigenvalue weighted by Crippen LogP contribution is -1.93. The number of hydrogen-bond acceptors (Lipinski definition) is 3. The zero-order chi connectivity index (χ0) is 13.8. The highest BCUT2D eigenvalue weighted by atomic mass is 16.5. The second-order valence-electron chi connectivity index (χ2n) is 4.70. The molecular formula is C16H19NO2. The van der Waals surface area contributed by atoms with E-state index in [9.17, 15) is 0 Å². The second-order valence-corrected chi connectivity index (χ2v) is 4.70. The van der Waals surface area contributed by atoms with Gasteiger partial charge in [0.1, 0.15) is 0 Å². The number of nitrogens with zero attached hydrogens (tertiary/aromatic N) is 1. The first-order chi connectivity index (χ1) is 9.15. The molecule has 0 unspecified atom stereocenters. The Hall–Kier alpha value is -2.03. The topological polar surface area (TPSA) is 31.4 Å². The fourth-order valence-corrected chi connectivity index (χ4v) is 1.96. The van der Waals surface area contributed by atoms with Crippen LogP contribution in [0.4, 0.5) is 0 Å². The van der Waals surface area contributed by atoms with E-state index in [2.05, 4.69) is 31.0 Å². The van der Waals surface area contributed by atoms with Gasteiger partial charge in [0.15, 0.2) is 11.5 Å². The van der Waals surface area contributed by atoms with Crippen LogP contribution in [0.5, 0.6) is 11.5 Å². The van der Waals surface area contributed by atoms with E-state index in [1.165, 1.54) is 5.56 Å². The zero-order valence-corrected chi connectivity index (χ0v) is 11.8. The smallest absolute Gasteiger partial charge is 0.161 e. The summed E-state index contributed by atoms with van der Waals surface area (Å²) in [6.07, 6.45) is 1.85. The first-order valence-electron chi connectivity index (χ1n) is 6.34. The highest BCUT2D eigenvalue weighted by Gasteiger charge is 2.08. The summed E-state index contributed by atoms with van der Waals surface area (Å²) in [5.41, 5.74) is 3.26. The molecule has 0 aliphatic heterocycles. The van der Waals surface area contributed by atoms with Crippen LogP contribution in [0.1, 0.15) is 25.3 Å². The molecule has 0 N–H and O–H groups in total. The zero-order valence-electron chi connectivity index (χ0n) is 11.8. The van der Waals surface area contributed by atoms with Crippen molar-refractivity contribution >= 4 is 0 Å². The predicted octanol–water partition coefficient (Wildman–Crippen LogP) is 3.89. The normalized spacial score (nSPS) is 10.6. The van der Waals surface area contributed by atoms with Crippen LogP contribution in [0.2, 0.25) is 0 Å². The average molecular weight is 257 g/mol. The molecule has 1 aromatic carbocycles. The summed E-state index contributed by atoms with van der Waals surface area (Å²) in [4.78, 5) is 4.43. The molecular weight excluding hydrogens is 238 g/mol. The van der Waals surface area contributed by atoms with Gasteiger partial charge in [-0.05, 0) is 41.8 Å². The molecule has 3 heteroatoms. The molecule has 1 heterocycles. The van der Waals surface area contributed by atoms with Gasteiger partial charge in [0.2, 0.25) is 0 Å². The van der Waals surface area contributed by atoms with Gasteiger partial charge in [-0.1, -0.05) is 13.8 Å². The van der Waals surface area contributed by atoms with E-state index < -0.39 is 0 Å². The molecule has 19 heavy (non-hydrogen) atoms. The van der Waals surface area contributed by atoms with Crippen LogP contribution >= 0.6 is 0 Å². The van der Waals surface area contributed by atoms with E-state index in [0.717, 1.165) is 22.8 Å². The monoisotopic (exact) mass is 257 g/mol. The third kappa shape index (κ3) is 2.87. The summed E-state index contributed by atoms with van der Waals surface area (Å²) in [7, 11) is 3.27. The number of benzene rings is 1. The van der Waals surface area contributed by atoms with Crippen molar-refractivity contribution < 1.29 is 9.47 Å². The molecule has 0 aliphatic rings. The number of rotatable bonds is 4. The van der Waals surface area contributed by atoms with Crippen molar-refractivity contribution in [1.29, 1.82) is 0 Å². The summed E-state index contributed by atoms with van der Waals surface area (Å²) in [6.45, 7) is 4.35. The van der Waals surface area contributed by atoms with Crippen LogP contribution in [0.15, 0.2) is 36.5 Å². The minimum Gasteiger partial charge on any atom is -0.493 e. The van der Waals surface area contributed by atoms with Gasteiger partial charge in [-0.2, -0.15) is 0 Å². The summed E-state index contributed by atoms with van der Waals surface area (Å²) in [5, 5.41) is 0. The molecule has 0 radical (unpaired) electrons. The van der Waals surface area contributed by atoms with Gasteiger partial charge >= 0.3 is 0 Å². The van der Waals surface area contributed by atoms with E-state index in [1.807, 2.05) is 24.4 Å². The molecule has 0 saturated carbocycles. The van der Waals surface area contributed by atoms with Crippen molar-refractivity contribution in [3.05, 3.63) is 42.1 Å². The van der Waals surface area contributed by atoms with Crippen molar-refractivity contribution in [2.24, 2.45) is 0 Å². The van der Waals surface area contributed by atoms with Crippen LogP contribution in [0.3, 0.4) is 0 Å². The maximum atomic E-state index is 5.32. The molecule has 3 nitrogen and oxygen atoms in total. The Morgan fingerprint density at radius 3 is 2.32 bits per heavy atom. The Balaban J connectivity index is 2.44. The van der Waals surface area contributed by atoms with Gasteiger partial charge in [0.25, 0.3) is 0 Å². The summed E-state index contributed by atoms with van der Waals surface area (Å²) in [6, 6.07) is 10.0. The van der Waals surface area contributed by atoms with Crippen molar-refractivity contribution in [3.8, 4) is 22.8 Å². The third-order valence-electron chi connectivity index (χ3n) is 3.13. The van der Waals surface area contributed by atoms with E-state index in [-0.39, 0.29) is 0 Å². The number of hydrogen-bond donors (Lipinski definition) is 0. The molecule has 100 valence electrons. The quantitative estimate of drug-likeness (QED) is 0.832. The third-order valence-corrected chi connectivity index (χ3v) is 3.13. The predicted molar refractivity (Wildman–Crippen MR) is 76.9 cm³/mol. The molecule has 2 aromatic rings. The SMILES string of the molecule is COc1ccc(-c2cc(C(C)C)ccn2)cc1OC. The number of aromatic nitrogens is 1. The highest BCUT2D eigenvalue weighted by Crippen LogP contribution is 2.32. The van der Waals surface area contributed by atoms with Crippen LogP contribution in [0.25, 0.3) is 11.3 Å². The Bertz CT molecular complexity index is 564. The minimum absolute atomic E-state index is 0.488. The van der Waals surface area contributed by atoms with Crippen molar-refractivity contribution in [2.45, 2.75) is 19.8 Å². The van der Waals surface area contributed by atoms with Gasteiger partial charge in [0, 0.05) is 11.8 Å². The van der Waals surface area contributed by atoms with Gasteiger partial charge in [-0.3, -0.25) is 4.98 Å². The first-order valence-corrected chi connectivity index (χ1v) is 6.34. The van der Waals surface area contributed by atoms with Crippen LogP contribution in [0, 0.1) is 0 Å². The standard InChI is InChI=1S/C16H19NO2/c1-11(2)12-7-8-17-14(9-12)13-5-6-15(18-3)16(10-13)19-4/h5-11H,1-4H3. The molecule has 0 atom stereocenters. The van der Waals surface area contributed by atoms with Crippen molar-refractivity contribution in [1.82, 2.24) is 4.98 Å². The minimum atomic E-state index is 0.488. The van der Waals surface area contributed by atoms with E-state index >= 15 is 0 Å². The Morgan fingerprint density at radius 1 is 0.947 bits per heavy atom. The molecule has 0 amide bonds. The van der Waals surface area contributed by atoms with E-state index in [1.54, 1.807) is 14.2 Å². The fraction of sp³-hybridized carbons (Fsp3) is 0.312. The molecule has 0 fully saturated rings. The number of ether oxygens (including phenoxy) is 2. The molecule has 1 aromatic heterocycles. The van der Waals surface area contributed by atoms with Crippen LogP contribution in [-0.4, -0.2) is 19.2 Å². The molecule has 0 bridgehead atoms. The average Bonchev–Trinajstić information content (AvgIpc) is 2.46. The highest BCUT2D eigenvalue weighted by molar-refractivity contribution is 5.64. The van der Waals surface area contributed by atoms with Crippen LogP contribution in [-0.2, 0) is 0 Å². The largest absolute Gasteiger partial charge is 0.493 e.